The van der Waals surface area contributed by atoms with Crippen LogP contribution in [-0.2, 0) is 4.79 Å². The van der Waals surface area contributed by atoms with Crippen LogP contribution in [0.1, 0.15) is 15.9 Å². The molecule has 0 saturated carbocycles. The van der Waals surface area contributed by atoms with Gasteiger partial charge in [0, 0.05) is 10.6 Å². The highest BCUT2D eigenvalue weighted by molar-refractivity contribution is 6.31. The van der Waals surface area contributed by atoms with Gasteiger partial charge in [0.25, 0.3) is 5.91 Å². The molecule has 1 aliphatic rings. The third-order valence-corrected chi connectivity index (χ3v) is 3.52. The first-order chi connectivity index (χ1) is 10.0. The Morgan fingerprint density at radius 2 is 2.00 bits per heavy atom. The number of amides is 2. The van der Waals surface area contributed by atoms with Crippen molar-refractivity contribution in [1.82, 2.24) is 0 Å². The topological polar surface area (TPSA) is 49.4 Å². The first kappa shape index (κ1) is 13.6. The van der Waals surface area contributed by atoms with Gasteiger partial charge in [-0.15, -0.1) is 0 Å². The van der Waals surface area contributed by atoms with Gasteiger partial charge in [0.05, 0.1) is 11.4 Å². The van der Waals surface area contributed by atoms with E-state index in [9.17, 15) is 9.59 Å². The molecule has 1 aliphatic heterocycles. The summed E-state index contributed by atoms with van der Waals surface area (Å²) in [5.41, 5.74) is 2.71. The molecule has 3 rings (SSSR count). The van der Waals surface area contributed by atoms with Gasteiger partial charge in [0.2, 0.25) is 5.91 Å². The van der Waals surface area contributed by atoms with E-state index in [2.05, 4.69) is 5.32 Å². The lowest BCUT2D eigenvalue weighted by molar-refractivity contribution is -0.115. The van der Waals surface area contributed by atoms with Crippen LogP contribution >= 0.6 is 11.6 Å². The van der Waals surface area contributed by atoms with Crippen LogP contribution in [0.5, 0.6) is 0 Å². The van der Waals surface area contributed by atoms with E-state index in [1.807, 2.05) is 25.1 Å². The van der Waals surface area contributed by atoms with Crippen molar-refractivity contribution in [2.75, 3.05) is 16.8 Å². The minimum absolute atomic E-state index is 0.00140. The fraction of sp³-hybridized carbons (Fsp3) is 0.125. The van der Waals surface area contributed by atoms with Crippen molar-refractivity contribution in [1.29, 1.82) is 0 Å². The SMILES string of the molecule is Cc1cc(Cl)cc(C(=O)N2CC(=O)Nc3ccccc32)c1. The van der Waals surface area contributed by atoms with Crippen molar-refractivity contribution in [2.24, 2.45) is 0 Å². The summed E-state index contributed by atoms with van der Waals surface area (Å²) in [5.74, 6) is -0.441. The molecule has 0 spiro atoms. The normalized spacial score (nSPS) is 13.6. The summed E-state index contributed by atoms with van der Waals surface area (Å²) in [6.07, 6.45) is 0. The molecule has 0 bridgehead atoms. The van der Waals surface area contributed by atoms with E-state index >= 15 is 0 Å². The summed E-state index contributed by atoms with van der Waals surface area (Å²) in [6, 6.07) is 12.4. The summed E-state index contributed by atoms with van der Waals surface area (Å²) in [4.78, 5) is 25.9. The monoisotopic (exact) mass is 300 g/mol. The number of nitrogens with one attached hydrogen (secondary N) is 1. The molecule has 0 aromatic heterocycles. The summed E-state index contributed by atoms with van der Waals surface area (Å²) < 4.78 is 0. The number of carbonyl (C=O) groups is 2. The van der Waals surface area contributed by atoms with Gasteiger partial charge in [-0.3, -0.25) is 14.5 Å². The van der Waals surface area contributed by atoms with E-state index in [-0.39, 0.29) is 18.4 Å². The van der Waals surface area contributed by atoms with Gasteiger partial charge in [-0.1, -0.05) is 23.7 Å². The highest BCUT2D eigenvalue weighted by Gasteiger charge is 2.27. The number of hydrogen-bond donors (Lipinski definition) is 1. The van der Waals surface area contributed by atoms with Gasteiger partial charge < -0.3 is 5.32 Å². The number of aryl methyl sites for hydroxylation is 1. The molecule has 1 N–H and O–H groups in total. The zero-order valence-corrected chi connectivity index (χ0v) is 12.1. The molecule has 0 aliphatic carbocycles. The molecule has 0 unspecified atom stereocenters. The molecule has 2 amide bonds. The molecule has 2 aromatic rings. The Morgan fingerprint density at radius 3 is 2.76 bits per heavy atom. The van der Waals surface area contributed by atoms with Gasteiger partial charge in [-0.05, 0) is 42.8 Å². The maximum absolute atomic E-state index is 12.7. The van der Waals surface area contributed by atoms with Crippen molar-refractivity contribution < 1.29 is 9.59 Å². The van der Waals surface area contributed by atoms with Crippen molar-refractivity contribution in [3.05, 3.63) is 58.6 Å². The van der Waals surface area contributed by atoms with Gasteiger partial charge in [0.1, 0.15) is 6.54 Å². The molecule has 0 fully saturated rings. The number of carbonyl (C=O) groups excluding carboxylic acids is 2. The van der Waals surface area contributed by atoms with Gasteiger partial charge in [-0.2, -0.15) is 0 Å². The number of halogens is 1. The molecule has 0 atom stereocenters. The van der Waals surface area contributed by atoms with Crippen LogP contribution in [0.15, 0.2) is 42.5 Å². The Labute approximate surface area is 127 Å². The molecule has 5 heteroatoms. The number of para-hydroxylation sites is 2. The molecular formula is C16H13ClN2O2. The Kier molecular flexibility index (Phi) is 3.39. The average molecular weight is 301 g/mol. The predicted molar refractivity (Wildman–Crippen MR) is 82.9 cm³/mol. The molecule has 4 nitrogen and oxygen atoms in total. The molecule has 0 radical (unpaired) electrons. The maximum atomic E-state index is 12.7. The second kappa shape index (κ2) is 5.22. The number of rotatable bonds is 1. The second-order valence-corrected chi connectivity index (χ2v) is 5.41. The average Bonchev–Trinajstić information content (AvgIpc) is 2.44. The largest absolute Gasteiger partial charge is 0.323 e. The number of hydrogen-bond acceptors (Lipinski definition) is 2. The van der Waals surface area contributed by atoms with Crippen LogP contribution in [0.2, 0.25) is 5.02 Å². The standard InChI is InChI=1S/C16H13ClN2O2/c1-10-6-11(8-12(17)7-10)16(21)19-9-15(20)18-13-4-2-3-5-14(13)19/h2-8H,9H2,1H3,(H,18,20). The maximum Gasteiger partial charge on any atom is 0.258 e. The van der Waals surface area contributed by atoms with Crippen LogP contribution in [0.4, 0.5) is 11.4 Å². The lowest BCUT2D eigenvalue weighted by Gasteiger charge is -2.29. The van der Waals surface area contributed by atoms with Crippen molar-refractivity contribution in [2.45, 2.75) is 6.92 Å². The van der Waals surface area contributed by atoms with E-state index in [1.54, 1.807) is 24.3 Å². The molecule has 21 heavy (non-hydrogen) atoms. The van der Waals surface area contributed by atoms with E-state index in [0.29, 0.717) is 22.0 Å². The van der Waals surface area contributed by atoms with Crippen LogP contribution in [0, 0.1) is 6.92 Å². The lowest BCUT2D eigenvalue weighted by Crippen LogP contribution is -2.42. The number of anilines is 2. The first-order valence-corrected chi connectivity index (χ1v) is 6.90. The van der Waals surface area contributed by atoms with Crippen molar-refractivity contribution in [3.63, 3.8) is 0 Å². The van der Waals surface area contributed by atoms with Crippen molar-refractivity contribution >= 4 is 34.8 Å². The number of fused-ring (bicyclic) bond motifs is 1. The van der Waals surface area contributed by atoms with Crippen LogP contribution in [0.25, 0.3) is 0 Å². The minimum Gasteiger partial charge on any atom is -0.323 e. The van der Waals surface area contributed by atoms with Gasteiger partial charge in [-0.25, -0.2) is 0 Å². The first-order valence-electron chi connectivity index (χ1n) is 6.52. The van der Waals surface area contributed by atoms with Crippen molar-refractivity contribution in [3.8, 4) is 0 Å². The summed E-state index contributed by atoms with van der Waals surface area (Å²) in [6.45, 7) is 1.88. The zero-order valence-electron chi connectivity index (χ0n) is 11.4. The minimum atomic E-state index is -0.233. The third-order valence-electron chi connectivity index (χ3n) is 3.30. The predicted octanol–water partition coefficient (Wildman–Crippen LogP) is 3.25. The van der Waals surface area contributed by atoms with Crippen LogP contribution in [0.3, 0.4) is 0 Å². The Morgan fingerprint density at radius 1 is 1.24 bits per heavy atom. The smallest absolute Gasteiger partial charge is 0.258 e. The quantitative estimate of drug-likeness (QED) is 0.879. The Bertz CT molecular complexity index is 723. The third kappa shape index (κ3) is 2.62. The molecule has 2 aromatic carbocycles. The molecule has 106 valence electrons. The van der Waals surface area contributed by atoms with E-state index in [0.717, 1.165) is 5.56 Å². The van der Waals surface area contributed by atoms with Gasteiger partial charge in [0.15, 0.2) is 0 Å². The lowest BCUT2D eigenvalue weighted by atomic mass is 10.1. The molecular weight excluding hydrogens is 288 g/mol. The fourth-order valence-corrected chi connectivity index (χ4v) is 2.72. The Balaban J connectivity index is 2.03. The number of benzene rings is 2. The van der Waals surface area contributed by atoms with Crippen LogP contribution < -0.4 is 10.2 Å². The highest BCUT2D eigenvalue weighted by Crippen LogP contribution is 2.30. The Hall–Kier alpha value is -2.33. The van der Waals surface area contributed by atoms with E-state index < -0.39 is 0 Å². The summed E-state index contributed by atoms with van der Waals surface area (Å²) >= 11 is 6.01. The van der Waals surface area contributed by atoms with E-state index in [1.165, 1.54) is 4.90 Å². The fourth-order valence-electron chi connectivity index (χ4n) is 2.43. The number of nitrogens with zero attached hydrogens (tertiary/aromatic N) is 1. The van der Waals surface area contributed by atoms with Gasteiger partial charge >= 0.3 is 0 Å². The summed E-state index contributed by atoms with van der Waals surface area (Å²) in [7, 11) is 0. The zero-order chi connectivity index (χ0) is 15.0. The second-order valence-electron chi connectivity index (χ2n) is 4.97. The van der Waals surface area contributed by atoms with E-state index in [4.69, 9.17) is 11.6 Å². The summed E-state index contributed by atoms with van der Waals surface area (Å²) in [5, 5.41) is 3.27. The van der Waals surface area contributed by atoms with Crippen LogP contribution in [-0.4, -0.2) is 18.4 Å². The highest BCUT2D eigenvalue weighted by atomic mass is 35.5. The molecule has 0 saturated heterocycles. The molecule has 1 heterocycles.